The van der Waals surface area contributed by atoms with E-state index in [0.717, 1.165) is 25.0 Å². The predicted octanol–water partition coefficient (Wildman–Crippen LogP) is 4.31. The second-order valence-electron chi connectivity index (χ2n) is 4.61. The molecule has 0 radical (unpaired) electrons. The quantitative estimate of drug-likeness (QED) is 0.723. The zero-order chi connectivity index (χ0) is 14.9. The zero-order valence-corrected chi connectivity index (χ0v) is 12.7. The highest BCUT2D eigenvalue weighted by atomic mass is 79.9. The van der Waals surface area contributed by atoms with Gasteiger partial charge in [0.2, 0.25) is 0 Å². The molecular formula is C13H12BrClF3NO. The Kier molecular flexibility index (Phi) is 4.64. The predicted molar refractivity (Wildman–Crippen MR) is 73.9 cm³/mol. The molecule has 0 heterocycles. The number of hydrogen-bond acceptors (Lipinski definition) is 1. The van der Waals surface area contributed by atoms with Gasteiger partial charge in [0, 0.05) is 22.9 Å². The van der Waals surface area contributed by atoms with Crippen molar-refractivity contribution in [2.24, 2.45) is 0 Å². The SMILES string of the molecule is O=C(c1cc(C(F)(F)F)ccc1Br)N(CCCl)C1CC1. The van der Waals surface area contributed by atoms with Gasteiger partial charge in [-0.05, 0) is 47.0 Å². The third kappa shape index (κ3) is 3.47. The Bertz CT molecular complexity index is 517. The molecule has 7 heteroatoms. The first-order chi connectivity index (χ1) is 9.34. The normalized spacial score (nSPS) is 15.2. The van der Waals surface area contributed by atoms with E-state index in [4.69, 9.17) is 11.6 Å². The summed E-state index contributed by atoms with van der Waals surface area (Å²) in [6.07, 6.45) is -2.72. The lowest BCUT2D eigenvalue weighted by Gasteiger charge is -2.22. The second kappa shape index (κ2) is 5.93. The van der Waals surface area contributed by atoms with Gasteiger partial charge in [-0.25, -0.2) is 0 Å². The first kappa shape index (κ1) is 15.6. The van der Waals surface area contributed by atoms with Crippen LogP contribution in [0.15, 0.2) is 22.7 Å². The van der Waals surface area contributed by atoms with Crippen molar-refractivity contribution in [2.45, 2.75) is 25.1 Å². The van der Waals surface area contributed by atoms with Crippen LogP contribution < -0.4 is 0 Å². The Morgan fingerprint density at radius 1 is 1.40 bits per heavy atom. The van der Waals surface area contributed by atoms with Gasteiger partial charge >= 0.3 is 6.18 Å². The largest absolute Gasteiger partial charge is 0.416 e. The van der Waals surface area contributed by atoms with Crippen LogP contribution >= 0.6 is 27.5 Å². The van der Waals surface area contributed by atoms with Crippen molar-refractivity contribution in [3.05, 3.63) is 33.8 Å². The number of nitrogens with zero attached hydrogens (tertiary/aromatic N) is 1. The number of halogens is 5. The van der Waals surface area contributed by atoms with Crippen molar-refractivity contribution in [1.29, 1.82) is 0 Å². The van der Waals surface area contributed by atoms with Crippen LogP contribution in [0.1, 0.15) is 28.8 Å². The number of benzene rings is 1. The highest BCUT2D eigenvalue weighted by Crippen LogP contribution is 2.34. The van der Waals surface area contributed by atoms with Gasteiger partial charge in [-0.15, -0.1) is 11.6 Å². The molecule has 2 nitrogen and oxygen atoms in total. The number of carbonyl (C=O) groups excluding carboxylic acids is 1. The molecule has 1 fully saturated rings. The van der Waals surface area contributed by atoms with Crippen LogP contribution in [0, 0.1) is 0 Å². The third-order valence-corrected chi connectivity index (χ3v) is 3.96. The molecule has 2 rings (SSSR count). The number of alkyl halides is 4. The zero-order valence-electron chi connectivity index (χ0n) is 10.4. The Hall–Kier alpha value is -0.750. The van der Waals surface area contributed by atoms with Gasteiger partial charge in [0.05, 0.1) is 11.1 Å². The first-order valence-electron chi connectivity index (χ1n) is 6.08. The summed E-state index contributed by atoms with van der Waals surface area (Å²) in [6.45, 7) is 0.341. The van der Waals surface area contributed by atoms with Crippen LogP contribution in [0.25, 0.3) is 0 Å². The van der Waals surface area contributed by atoms with E-state index in [2.05, 4.69) is 15.9 Å². The molecule has 0 unspecified atom stereocenters. The summed E-state index contributed by atoms with van der Waals surface area (Å²) in [5.74, 6) is -0.148. The molecule has 1 aromatic carbocycles. The van der Waals surface area contributed by atoms with Gasteiger partial charge in [0.15, 0.2) is 0 Å². The monoisotopic (exact) mass is 369 g/mol. The van der Waals surface area contributed by atoms with Crippen molar-refractivity contribution in [1.82, 2.24) is 4.90 Å². The standard InChI is InChI=1S/C13H12BrClF3NO/c14-11-4-1-8(13(16,17)18)7-10(11)12(20)19(6-5-15)9-2-3-9/h1,4,7,9H,2-3,5-6H2. The van der Waals surface area contributed by atoms with Crippen molar-refractivity contribution in [3.8, 4) is 0 Å². The summed E-state index contributed by atoms with van der Waals surface area (Å²) in [5.41, 5.74) is -0.803. The summed E-state index contributed by atoms with van der Waals surface area (Å²) in [5, 5.41) is 0. The van der Waals surface area contributed by atoms with E-state index in [1.807, 2.05) is 0 Å². The molecule has 0 bridgehead atoms. The van der Waals surface area contributed by atoms with Gasteiger partial charge in [-0.2, -0.15) is 13.2 Å². The van der Waals surface area contributed by atoms with Gasteiger partial charge in [-0.1, -0.05) is 0 Å². The smallest absolute Gasteiger partial charge is 0.334 e. The molecule has 1 aliphatic rings. The van der Waals surface area contributed by atoms with Gasteiger partial charge in [-0.3, -0.25) is 4.79 Å². The highest BCUT2D eigenvalue weighted by Gasteiger charge is 2.35. The van der Waals surface area contributed by atoms with E-state index >= 15 is 0 Å². The molecular weight excluding hydrogens is 359 g/mol. The Balaban J connectivity index is 2.32. The number of amides is 1. The van der Waals surface area contributed by atoms with Crippen LogP contribution in [-0.4, -0.2) is 29.3 Å². The molecule has 110 valence electrons. The maximum absolute atomic E-state index is 12.7. The molecule has 0 aromatic heterocycles. The lowest BCUT2D eigenvalue weighted by molar-refractivity contribution is -0.137. The maximum Gasteiger partial charge on any atom is 0.416 e. The number of rotatable bonds is 4. The third-order valence-electron chi connectivity index (χ3n) is 3.10. The average molecular weight is 371 g/mol. The number of hydrogen-bond donors (Lipinski definition) is 0. The van der Waals surface area contributed by atoms with E-state index in [-0.39, 0.29) is 17.5 Å². The van der Waals surface area contributed by atoms with E-state index in [1.54, 1.807) is 4.90 Å². The van der Waals surface area contributed by atoms with Crippen LogP contribution in [0.5, 0.6) is 0 Å². The van der Waals surface area contributed by atoms with Gasteiger partial charge < -0.3 is 4.90 Å². The molecule has 1 saturated carbocycles. The van der Waals surface area contributed by atoms with Crippen LogP contribution in [-0.2, 0) is 6.18 Å². The van der Waals surface area contributed by atoms with Gasteiger partial charge in [0.1, 0.15) is 0 Å². The van der Waals surface area contributed by atoms with E-state index in [0.29, 0.717) is 11.0 Å². The summed E-state index contributed by atoms with van der Waals surface area (Å²) < 4.78 is 38.5. The fourth-order valence-electron chi connectivity index (χ4n) is 1.95. The topological polar surface area (TPSA) is 20.3 Å². The van der Waals surface area contributed by atoms with Crippen molar-refractivity contribution < 1.29 is 18.0 Å². The lowest BCUT2D eigenvalue weighted by Crippen LogP contribution is -2.35. The van der Waals surface area contributed by atoms with Gasteiger partial charge in [0.25, 0.3) is 5.91 Å². The second-order valence-corrected chi connectivity index (χ2v) is 5.84. The highest BCUT2D eigenvalue weighted by molar-refractivity contribution is 9.10. The first-order valence-corrected chi connectivity index (χ1v) is 7.41. The van der Waals surface area contributed by atoms with Crippen molar-refractivity contribution in [2.75, 3.05) is 12.4 Å². The lowest BCUT2D eigenvalue weighted by atomic mass is 10.1. The minimum absolute atomic E-state index is 0.0249. The minimum atomic E-state index is -4.47. The maximum atomic E-state index is 12.7. The molecule has 1 amide bonds. The molecule has 1 aliphatic carbocycles. The van der Waals surface area contributed by atoms with Crippen molar-refractivity contribution in [3.63, 3.8) is 0 Å². The van der Waals surface area contributed by atoms with E-state index in [1.165, 1.54) is 6.07 Å². The molecule has 0 spiro atoms. The van der Waals surface area contributed by atoms with Crippen LogP contribution in [0.4, 0.5) is 13.2 Å². The molecule has 0 aliphatic heterocycles. The molecule has 20 heavy (non-hydrogen) atoms. The van der Waals surface area contributed by atoms with E-state index in [9.17, 15) is 18.0 Å². The summed E-state index contributed by atoms with van der Waals surface area (Å²) in [4.78, 5) is 13.9. The molecule has 0 atom stereocenters. The van der Waals surface area contributed by atoms with Crippen LogP contribution in [0.3, 0.4) is 0 Å². The minimum Gasteiger partial charge on any atom is -0.334 e. The van der Waals surface area contributed by atoms with Crippen molar-refractivity contribution >= 4 is 33.4 Å². The summed E-state index contributed by atoms with van der Waals surface area (Å²) in [7, 11) is 0. The van der Waals surface area contributed by atoms with E-state index < -0.39 is 17.6 Å². The molecule has 1 aromatic rings. The summed E-state index contributed by atoms with van der Waals surface area (Å²) >= 11 is 8.80. The number of carbonyl (C=O) groups is 1. The average Bonchev–Trinajstić information content (AvgIpc) is 3.18. The van der Waals surface area contributed by atoms with Crippen LogP contribution in [0.2, 0.25) is 0 Å². The Morgan fingerprint density at radius 2 is 2.05 bits per heavy atom. The Morgan fingerprint density at radius 3 is 2.55 bits per heavy atom. The molecule has 0 N–H and O–H groups in total. The fraction of sp³-hybridized carbons (Fsp3) is 0.462. The fourth-order valence-corrected chi connectivity index (χ4v) is 2.55. The summed E-state index contributed by atoms with van der Waals surface area (Å²) in [6, 6.07) is 3.18. The molecule has 0 saturated heterocycles. The Labute approximate surface area is 128 Å².